The average molecular weight is 284 g/mol. The summed E-state index contributed by atoms with van der Waals surface area (Å²) in [7, 11) is 0. The molecule has 92 valence electrons. The molecule has 2 heterocycles. The van der Waals surface area contributed by atoms with Gasteiger partial charge in [-0.15, -0.1) is 0 Å². The van der Waals surface area contributed by atoms with Crippen LogP contribution >= 0.6 is 23.2 Å². The maximum Gasteiger partial charge on any atom is 0.259 e. The molecule has 1 N–H and O–H groups in total. The zero-order valence-corrected chi connectivity index (χ0v) is 10.4. The number of rotatable bonds is 1. The molecule has 2 unspecified atom stereocenters. The van der Waals surface area contributed by atoms with E-state index in [1.807, 2.05) is 0 Å². The third-order valence-electron chi connectivity index (χ3n) is 2.95. The number of hydrazone groups is 1. The number of imide groups is 1. The molecule has 0 saturated carbocycles. The summed E-state index contributed by atoms with van der Waals surface area (Å²) in [5.41, 5.74) is 2.92. The van der Waals surface area contributed by atoms with Crippen LogP contribution in [-0.2, 0) is 9.59 Å². The van der Waals surface area contributed by atoms with Gasteiger partial charge in [-0.3, -0.25) is 15.0 Å². The molecule has 1 aromatic carbocycles. The van der Waals surface area contributed by atoms with Gasteiger partial charge in [-0.25, -0.2) is 4.90 Å². The normalized spacial score (nSPS) is 25.6. The summed E-state index contributed by atoms with van der Waals surface area (Å²) in [6.07, 6.45) is 1.43. The number of hydrogen-bond acceptors (Lipinski definition) is 4. The summed E-state index contributed by atoms with van der Waals surface area (Å²) in [5, 5.41) is 4.45. The van der Waals surface area contributed by atoms with Crippen molar-refractivity contribution >= 4 is 46.9 Å². The second-order valence-corrected chi connectivity index (χ2v) is 4.86. The molecule has 0 radical (unpaired) electrons. The van der Waals surface area contributed by atoms with Crippen LogP contribution in [0.5, 0.6) is 0 Å². The van der Waals surface area contributed by atoms with E-state index >= 15 is 0 Å². The summed E-state index contributed by atoms with van der Waals surface area (Å²) in [6.45, 7) is 0. The first-order valence-corrected chi connectivity index (χ1v) is 5.97. The third kappa shape index (κ3) is 1.51. The smallest absolute Gasteiger partial charge is 0.259 e. The molecule has 1 aromatic rings. The number of benzene rings is 1. The molecule has 2 aliphatic heterocycles. The molecular weight excluding hydrogens is 277 g/mol. The maximum atomic E-state index is 12.1. The van der Waals surface area contributed by atoms with E-state index in [0.717, 1.165) is 4.90 Å². The fraction of sp³-hybridized carbons (Fsp3) is 0.182. The van der Waals surface area contributed by atoms with Crippen molar-refractivity contribution in [3.05, 3.63) is 28.2 Å². The lowest BCUT2D eigenvalue weighted by Crippen LogP contribution is -2.36. The van der Waals surface area contributed by atoms with Gasteiger partial charge in [0.2, 0.25) is 5.91 Å². The average Bonchev–Trinajstić information content (AvgIpc) is 2.89. The Morgan fingerprint density at radius 3 is 2.72 bits per heavy atom. The molecule has 7 heteroatoms. The fourth-order valence-electron chi connectivity index (χ4n) is 2.08. The van der Waals surface area contributed by atoms with Crippen molar-refractivity contribution in [2.24, 2.45) is 11.0 Å². The van der Waals surface area contributed by atoms with Crippen LogP contribution in [0.2, 0.25) is 10.0 Å². The molecule has 2 atom stereocenters. The Balaban J connectivity index is 2.07. The first kappa shape index (κ1) is 11.5. The second-order valence-electron chi connectivity index (χ2n) is 4.02. The quantitative estimate of drug-likeness (QED) is 0.794. The predicted molar refractivity (Wildman–Crippen MR) is 67.9 cm³/mol. The Kier molecular flexibility index (Phi) is 2.53. The highest BCUT2D eigenvalue weighted by Gasteiger charge is 2.50. The summed E-state index contributed by atoms with van der Waals surface area (Å²) in [4.78, 5) is 25.3. The summed E-state index contributed by atoms with van der Waals surface area (Å²) >= 11 is 11.9. The predicted octanol–water partition coefficient (Wildman–Crippen LogP) is 1.44. The molecule has 1 saturated heterocycles. The third-order valence-corrected chi connectivity index (χ3v) is 3.50. The zero-order chi connectivity index (χ0) is 12.9. The van der Waals surface area contributed by atoms with Crippen molar-refractivity contribution in [2.45, 2.75) is 6.04 Å². The molecule has 3 rings (SSSR count). The van der Waals surface area contributed by atoms with E-state index in [1.54, 1.807) is 12.1 Å². The minimum absolute atomic E-state index is 0.304. The Hall–Kier alpha value is -1.59. The molecule has 0 spiro atoms. The van der Waals surface area contributed by atoms with Gasteiger partial charge in [-0.1, -0.05) is 23.2 Å². The highest BCUT2D eigenvalue weighted by Crippen LogP contribution is 2.34. The fourth-order valence-corrected chi connectivity index (χ4v) is 2.44. The first-order valence-electron chi connectivity index (χ1n) is 5.21. The molecule has 0 aromatic heterocycles. The van der Waals surface area contributed by atoms with Gasteiger partial charge in [0.25, 0.3) is 5.91 Å². The molecule has 0 bridgehead atoms. The number of carbonyl (C=O) groups excluding carboxylic acids is 2. The van der Waals surface area contributed by atoms with E-state index in [0.29, 0.717) is 15.7 Å². The van der Waals surface area contributed by atoms with E-state index in [4.69, 9.17) is 23.2 Å². The van der Waals surface area contributed by atoms with Crippen molar-refractivity contribution in [2.75, 3.05) is 4.90 Å². The van der Waals surface area contributed by atoms with Crippen LogP contribution in [0.25, 0.3) is 0 Å². The van der Waals surface area contributed by atoms with Crippen LogP contribution in [0, 0.1) is 5.92 Å². The summed E-state index contributed by atoms with van der Waals surface area (Å²) in [6, 6.07) is 4.01. The Morgan fingerprint density at radius 2 is 2.00 bits per heavy atom. The van der Waals surface area contributed by atoms with Crippen molar-refractivity contribution < 1.29 is 9.59 Å². The minimum atomic E-state index is -0.632. The van der Waals surface area contributed by atoms with Crippen LogP contribution in [0.4, 0.5) is 5.69 Å². The molecular formula is C11H7Cl2N3O2. The van der Waals surface area contributed by atoms with Gasteiger partial charge in [0.1, 0.15) is 12.0 Å². The lowest BCUT2D eigenvalue weighted by atomic mass is 10.1. The molecule has 1 fully saturated rings. The highest BCUT2D eigenvalue weighted by molar-refractivity contribution is 6.38. The van der Waals surface area contributed by atoms with Crippen LogP contribution < -0.4 is 10.3 Å². The van der Waals surface area contributed by atoms with Crippen molar-refractivity contribution in [1.29, 1.82) is 0 Å². The van der Waals surface area contributed by atoms with E-state index in [1.165, 1.54) is 12.3 Å². The van der Waals surface area contributed by atoms with Crippen LogP contribution in [0.1, 0.15) is 0 Å². The summed E-state index contributed by atoms with van der Waals surface area (Å²) in [5.74, 6) is -1.28. The van der Waals surface area contributed by atoms with Crippen LogP contribution in [-0.4, -0.2) is 24.1 Å². The molecule has 5 nitrogen and oxygen atoms in total. The number of nitrogens with one attached hydrogen (secondary N) is 1. The minimum Gasteiger partial charge on any atom is -0.297 e. The number of halogens is 2. The number of amides is 2. The van der Waals surface area contributed by atoms with Gasteiger partial charge in [-0.05, 0) is 18.2 Å². The van der Waals surface area contributed by atoms with E-state index in [9.17, 15) is 9.59 Å². The molecule has 18 heavy (non-hydrogen) atoms. The Bertz CT molecular complexity index is 588. The van der Waals surface area contributed by atoms with E-state index < -0.39 is 12.0 Å². The van der Waals surface area contributed by atoms with Crippen molar-refractivity contribution in [3.8, 4) is 0 Å². The van der Waals surface area contributed by atoms with E-state index in [2.05, 4.69) is 10.5 Å². The SMILES string of the molecule is O=C1C2C=NNC2C(=O)N1c1cc(Cl)ccc1Cl. The number of nitrogens with zero attached hydrogens (tertiary/aromatic N) is 2. The molecule has 2 aliphatic rings. The van der Waals surface area contributed by atoms with Gasteiger partial charge < -0.3 is 0 Å². The monoisotopic (exact) mass is 283 g/mol. The highest BCUT2D eigenvalue weighted by atomic mass is 35.5. The number of fused-ring (bicyclic) bond motifs is 1. The van der Waals surface area contributed by atoms with Gasteiger partial charge in [-0.2, -0.15) is 5.10 Å². The van der Waals surface area contributed by atoms with Crippen molar-refractivity contribution in [1.82, 2.24) is 5.43 Å². The Labute approximate surface area is 112 Å². The van der Waals surface area contributed by atoms with Gasteiger partial charge in [0.05, 0.1) is 10.7 Å². The van der Waals surface area contributed by atoms with E-state index in [-0.39, 0.29) is 11.8 Å². The second kappa shape index (κ2) is 3.96. The lowest BCUT2D eigenvalue weighted by molar-refractivity contribution is -0.122. The largest absolute Gasteiger partial charge is 0.297 e. The van der Waals surface area contributed by atoms with Crippen LogP contribution in [0.15, 0.2) is 23.3 Å². The van der Waals surface area contributed by atoms with Gasteiger partial charge >= 0.3 is 0 Å². The number of hydrogen-bond donors (Lipinski definition) is 1. The topological polar surface area (TPSA) is 61.8 Å². The molecule has 0 aliphatic carbocycles. The Morgan fingerprint density at radius 1 is 1.22 bits per heavy atom. The lowest BCUT2D eigenvalue weighted by Gasteiger charge is -2.16. The zero-order valence-electron chi connectivity index (χ0n) is 8.93. The first-order chi connectivity index (χ1) is 8.59. The standard InChI is InChI=1S/C11H7Cl2N3O2/c12-5-1-2-7(13)8(3-5)16-10(17)6-4-14-15-9(6)11(16)18/h1-4,6,9,15H. The van der Waals surface area contributed by atoms with Gasteiger partial charge in [0.15, 0.2) is 0 Å². The van der Waals surface area contributed by atoms with Crippen LogP contribution in [0.3, 0.4) is 0 Å². The number of carbonyl (C=O) groups is 2. The number of anilines is 1. The maximum absolute atomic E-state index is 12.1. The van der Waals surface area contributed by atoms with Crippen molar-refractivity contribution in [3.63, 3.8) is 0 Å². The van der Waals surface area contributed by atoms with Gasteiger partial charge in [0, 0.05) is 11.2 Å². The summed E-state index contributed by atoms with van der Waals surface area (Å²) < 4.78 is 0. The molecule has 2 amide bonds.